The number of benzene rings is 1. The first-order valence-corrected chi connectivity index (χ1v) is 9.96. The van der Waals surface area contributed by atoms with Crippen molar-refractivity contribution in [2.75, 3.05) is 23.4 Å². The third kappa shape index (κ3) is 6.03. The molecule has 5 nitrogen and oxygen atoms in total. The van der Waals surface area contributed by atoms with Crippen LogP contribution in [0.2, 0.25) is 0 Å². The van der Waals surface area contributed by atoms with Crippen molar-refractivity contribution in [3.05, 3.63) is 24.3 Å². The minimum Gasteiger partial charge on any atom is -0.406 e. The summed E-state index contributed by atoms with van der Waals surface area (Å²) in [6.07, 6.45) is -3.44. The van der Waals surface area contributed by atoms with Gasteiger partial charge in [-0.2, -0.15) is 0 Å². The van der Waals surface area contributed by atoms with Crippen LogP contribution in [0, 0.1) is 0 Å². The van der Waals surface area contributed by atoms with Crippen LogP contribution in [0.25, 0.3) is 0 Å². The molecule has 0 radical (unpaired) electrons. The van der Waals surface area contributed by atoms with E-state index in [1.54, 1.807) is 0 Å². The monoisotopic (exact) mass is 396 g/mol. The van der Waals surface area contributed by atoms with Gasteiger partial charge in [-0.05, 0) is 49.3 Å². The average molecular weight is 396 g/mol. The second kappa shape index (κ2) is 7.77. The number of rotatable bonds is 5. The highest BCUT2D eigenvalue weighted by Gasteiger charge is 2.33. The highest BCUT2D eigenvalue weighted by Crippen LogP contribution is 2.25. The van der Waals surface area contributed by atoms with Gasteiger partial charge in [-0.15, -0.1) is 13.2 Å². The Balaban J connectivity index is 2.03. The molecule has 1 fully saturated rings. The van der Waals surface area contributed by atoms with Crippen LogP contribution in [0.15, 0.2) is 24.3 Å². The summed E-state index contributed by atoms with van der Waals surface area (Å²) in [4.78, 5) is 1.83. The average Bonchev–Trinajstić information content (AvgIpc) is 2.85. The van der Waals surface area contributed by atoms with E-state index in [9.17, 15) is 21.6 Å². The summed E-state index contributed by atoms with van der Waals surface area (Å²) >= 11 is 5.36. The van der Waals surface area contributed by atoms with E-state index in [0.717, 1.165) is 6.42 Å². The van der Waals surface area contributed by atoms with Gasteiger partial charge in [-0.3, -0.25) is 0 Å². The zero-order valence-electron chi connectivity index (χ0n) is 13.5. The smallest absolute Gasteiger partial charge is 0.406 e. The highest BCUT2D eigenvalue weighted by atomic mass is 32.2. The Morgan fingerprint density at radius 3 is 2.48 bits per heavy atom. The molecule has 0 bridgehead atoms. The number of anilines is 1. The molecular weight excluding hydrogens is 377 g/mol. The number of nitrogens with zero attached hydrogens (tertiary/aromatic N) is 1. The predicted octanol–water partition coefficient (Wildman–Crippen LogP) is 3.18. The van der Waals surface area contributed by atoms with Crippen molar-refractivity contribution in [2.24, 2.45) is 0 Å². The minimum absolute atomic E-state index is 0.0627. The molecule has 1 aromatic rings. The zero-order valence-corrected chi connectivity index (χ0v) is 15.2. The van der Waals surface area contributed by atoms with E-state index in [4.69, 9.17) is 12.2 Å². The molecule has 0 amide bonds. The lowest BCUT2D eigenvalue weighted by atomic mass is 10.2. The second-order valence-electron chi connectivity index (χ2n) is 5.75. The Hall–Kier alpha value is -1.55. The first-order valence-electron chi connectivity index (χ1n) is 7.73. The summed E-state index contributed by atoms with van der Waals surface area (Å²) in [5.41, 5.74) is 0.501. The van der Waals surface area contributed by atoms with E-state index in [0.29, 0.717) is 23.8 Å². The van der Waals surface area contributed by atoms with E-state index in [1.807, 2.05) is 11.8 Å². The largest absolute Gasteiger partial charge is 0.573 e. The summed E-state index contributed by atoms with van der Waals surface area (Å²) in [5.74, 6) is -0.117. The van der Waals surface area contributed by atoms with Gasteiger partial charge >= 0.3 is 6.36 Å². The lowest BCUT2D eigenvalue weighted by Gasteiger charge is -2.30. The molecule has 1 heterocycles. The summed E-state index contributed by atoms with van der Waals surface area (Å²) in [6.45, 7) is 2.56. The maximum Gasteiger partial charge on any atom is 0.573 e. The third-order valence-corrected chi connectivity index (χ3v) is 5.80. The molecule has 0 spiro atoms. The Morgan fingerprint density at radius 2 is 2.00 bits per heavy atom. The molecule has 0 saturated carbocycles. The van der Waals surface area contributed by atoms with Crippen molar-refractivity contribution in [3.63, 3.8) is 0 Å². The highest BCUT2D eigenvalue weighted by molar-refractivity contribution is 7.91. The van der Waals surface area contributed by atoms with Crippen molar-refractivity contribution in [1.29, 1.82) is 0 Å². The first kappa shape index (κ1) is 19.8. The topological polar surface area (TPSA) is 58.6 Å². The van der Waals surface area contributed by atoms with Crippen molar-refractivity contribution in [3.8, 4) is 5.75 Å². The van der Waals surface area contributed by atoms with E-state index in [1.165, 1.54) is 24.3 Å². The Bertz CT molecular complexity index is 706. The maximum absolute atomic E-state index is 12.2. The fourth-order valence-corrected chi connectivity index (χ4v) is 4.74. The maximum atomic E-state index is 12.2. The number of hydrogen-bond donors (Lipinski definition) is 1. The van der Waals surface area contributed by atoms with Gasteiger partial charge in [-0.1, -0.05) is 6.92 Å². The molecule has 0 aliphatic carbocycles. The summed E-state index contributed by atoms with van der Waals surface area (Å²) in [6, 6.07) is 5.02. The van der Waals surface area contributed by atoms with Crippen molar-refractivity contribution >= 4 is 32.9 Å². The minimum atomic E-state index is -4.74. The van der Waals surface area contributed by atoms with Crippen molar-refractivity contribution in [2.45, 2.75) is 32.2 Å². The van der Waals surface area contributed by atoms with Gasteiger partial charge in [0.05, 0.1) is 11.5 Å². The summed E-state index contributed by atoms with van der Waals surface area (Å²) < 4.78 is 63.7. The van der Waals surface area contributed by atoms with E-state index < -0.39 is 16.2 Å². The first-order chi connectivity index (χ1) is 11.6. The Kier molecular flexibility index (Phi) is 6.15. The Morgan fingerprint density at radius 1 is 1.36 bits per heavy atom. The molecule has 1 N–H and O–H groups in total. The van der Waals surface area contributed by atoms with Crippen LogP contribution in [-0.2, 0) is 9.84 Å². The molecule has 0 unspecified atom stereocenters. The lowest BCUT2D eigenvalue weighted by Crippen LogP contribution is -2.43. The van der Waals surface area contributed by atoms with Crippen molar-refractivity contribution < 1.29 is 26.3 Å². The molecule has 25 heavy (non-hydrogen) atoms. The zero-order chi connectivity index (χ0) is 18.7. The molecular formula is C15H19F3N2O3S2. The molecule has 1 aliphatic rings. The fourth-order valence-electron chi connectivity index (χ4n) is 2.65. The van der Waals surface area contributed by atoms with Crippen LogP contribution in [0.3, 0.4) is 0 Å². The molecule has 1 aromatic carbocycles. The number of hydrogen-bond acceptors (Lipinski definition) is 4. The van der Waals surface area contributed by atoms with Crippen LogP contribution in [-0.4, -0.2) is 48.9 Å². The van der Waals surface area contributed by atoms with Gasteiger partial charge in [0.2, 0.25) is 0 Å². The molecule has 1 saturated heterocycles. The van der Waals surface area contributed by atoms with Gasteiger partial charge in [-0.25, -0.2) is 8.42 Å². The van der Waals surface area contributed by atoms with Gasteiger partial charge in [0, 0.05) is 18.3 Å². The number of halogens is 3. The standard InChI is InChI=1S/C15H19F3N2O3S2/c1-2-8-20(12-7-9-25(21,22)10-12)14(24)19-11-3-5-13(6-4-11)23-15(16,17)18/h3-6,12H,2,7-10H2,1H3,(H,19,24)/t12-/m1/s1. The number of thiocarbonyl (C=S) groups is 1. The van der Waals surface area contributed by atoms with E-state index in [2.05, 4.69) is 10.1 Å². The van der Waals surface area contributed by atoms with E-state index in [-0.39, 0.29) is 23.3 Å². The molecule has 10 heteroatoms. The Labute approximate surface area is 150 Å². The number of ether oxygens (including phenoxy) is 1. The fraction of sp³-hybridized carbons (Fsp3) is 0.533. The normalized spacial score (nSPS) is 19.4. The molecule has 1 atom stereocenters. The van der Waals surface area contributed by atoms with Crippen LogP contribution < -0.4 is 10.1 Å². The molecule has 140 valence electrons. The number of sulfone groups is 1. The molecule has 2 rings (SSSR count). The van der Waals surface area contributed by atoms with Gasteiger partial charge in [0.15, 0.2) is 14.9 Å². The second-order valence-corrected chi connectivity index (χ2v) is 8.37. The number of alkyl halides is 3. The summed E-state index contributed by atoms with van der Waals surface area (Å²) in [5, 5.41) is 3.30. The molecule has 1 aliphatic heterocycles. The number of nitrogens with one attached hydrogen (secondary N) is 1. The van der Waals surface area contributed by atoms with Gasteiger partial charge in [0.25, 0.3) is 0 Å². The van der Waals surface area contributed by atoms with Crippen LogP contribution in [0.4, 0.5) is 18.9 Å². The van der Waals surface area contributed by atoms with Crippen molar-refractivity contribution in [1.82, 2.24) is 4.90 Å². The van der Waals surface area contributed by atoms with E-state index >= 15 is 0 Å². The van der Waals surface area contributed by atoms with Gasteiger partial charge < -0.3 is 15.0 Å². The predicted molar refractivity (Wildman–Crippen MR) is 93.4 cm³/mol. The summed E-state index contributed by atoms with van der Waals surface area (Å²) in [7, 11) is -3.04. The van der Waals surface area contributed by atoms with Crippen LogP contribution >= 0.6 is 12.2 Å². The third-order valence-electron chi connectivity index (χ3n) is 3.71. The quantitative estimate of drug-likeness (QED) is 0.772. The molecule has 0 aromatic heterocycles. The SMILES string of the molecule is CCCN(C(=S)Nc1ccc(OC(F)(F)F)cc1)[C@@H]1CCS(=O)(=O)C1. The van der Waals surface area contributed by atoms with Gasteiger partial charge in [0.1, 0.15) is 5.75 Å². The lowest BCUT2D eigenvalue weighted by molar-refractivity contribution is -0.274. The van der Waals surface area contributed by atoms with Crippen LogP contribution in [0.1, 0.15) is 19.8 Å². The van der Waals surface area contributed by atoms with Crippen LogP contribution in [0.5, 0.6) is 5.75 Å².